The van der Waals surface area contributed by atoms with Crippen molar-refractivity contribution in [1.29, 1.82) is 0 Å². The van der Waals surface area contributed by atoms with Crippen LogP contribution in [-0.4, -0.2) is 19.7 Å². The molecule has 2 N–H and O–H groups in total. The largest absolute Gasteiger partial charge is 0.493 e. The Morgan fingerprint density at radius 3 is 3.19 bits per heavy atom. The lowest BCUT2D eigenvalue weighted by molar-refractivity contribution is -0.139. The molecule has 86 valence electrons. The van der Waals surface area contributed by atoms with Gasteiger partial charge in [0.05, 0.1) is 20.1 Å². The molecule has 0 saturated carbocycles. The lowest BCUT2D eigenvalue weighted by Gasteiger charge is -2.23. The van der Waals surface area contributed by atoms with E-state index in [4.69, 9.17) is 10.5 Å². The summed E-state index contributed by atoms with van der Waals surface area (Å²) in [5.41, 5.74) is 7.87. The Balaban J connectivity index is 2.23. The first-order valence-corrected chi connectivity index (χ1v) is 5.28. The predicted molar refractivity (Wildman–Crippen MR) is 59.2 cm³/mol. The van der Waals surface area contributed by atoms with Gasteiger partial charge in [0.2, 0.25) is 0 Å². The van der Waals surface area contributed by atoms with Crippen molar-refractivity contribution in [3.05, 3.63) is 29.3 Å². The number of carbonyl (C=O) groups excluding carboxylic acids is 1. The highest BCUT2D eigenvalue weighted by atomic mass is 16.5. The zero-order valence-corrected chi connectivity index (χ0v) is 9.23. The van der Waals surface area contributed by atoms with Crippen molar-refractivity contribution < 1.29 is 14.3 Å². The highest BCUT2D eigenvalue weighted by molar-refractivity contribution is 5.72. The molecule has 0 amide bonds. The van der Waals surface area contributed by atoms with Gasteiger partial charge in [-0.3, -0.25) is 4.79 Å². The minimum Gasteiger partial charge on any atom is -0.493 e. The van der Waals surface area contributed by atoms with Gasteiger partial charge < -0.3 is 15.2 Å². The van der Waals surface area contributed by atoms with Crippen molar-refractivity contribution >= 4 is 5.97 Å². The van der Waals surface area contributed by atoms with Crippen molar-refractivity contribution in [2.24, 2.45) is 5.73 Å². The molecule has 1 aliphatic rings. The standard InChI is InChI=1S/C12H15NO3/c1-15-12(14)7-8-2-3-11-9(6-8)10(13)4-5-16-11/h2-3,6,10H,4-5,7,13H2,1H3/t10-/m1/s1. The molecule has 0 aliphatic carbocycles. The molecule has 1 heterocycles. The van der Waals surface area contributed by atoms with Gasteiger partial charge in [0.15, 0.2) is 0 Å². The van der Waals surface area contributed by atoms with E-state index in [9.17, 15) is 4.79 Å². The fourth-order valence-electron chi connectivity index (χ4n) is 1.82. The lowest BCUT2D eigenvalue weighted by Crippen LogP contribution is -2.21. The lowest BCUT2D eigenvalue weighted by atomic mass is 9.98. The second-order valence-electron chi connectivity index (χ2n) is 3.87. The third-order valence-corrected chi connectivity index (χ3v) is 2.74. The molecule has 1 aliphatic heterocycles. The maximum atomic E-state index is 11.1. The quantitative estimate of drug-likeness (QED) is 0.762. The van der Waals surface area contributed by atoms with Gasteiger partial charge in [-0.25, -0.2) is 0 Å². The predicted octanol–water partition coefficient (Wildman–Crippen LogP) is 1.18. The minimum absolute atomic E-state index is 0.00125. The van der Waals surface area contributed by atoms with Gasteiger partial charge in [-0.1, -0.05) is 6.07 Å². The fourth-order valence-corrected chi connectivity index (χ4v) is 1.82. The van der Waals surface area contributed by atoms with E-state index in [1.165, 1.54) is 7.11 Å². The van der Waals surface area contributed by atoms with Crippen LogP contribution in [0.25, 0.3) is 0 Å². The molecule has 0 radical (unpaired) electrons. The van der Waals surface area contributed by atoms with Crippen LogP contribution in [-0.2, 0) is 16.0 Å². The molecule has 1 aromatic carbocycles. The summed E-state index contributed by atoms with van der Waals surface area (Å²) in [6.07, 6.45) is 1.09. The van der Waals surface area contributed by atoms with Crippen molar-refractivity contribution in [1.82, 2.24) is 0 Å². The average Bonchev–Trinajstić information content (AvgIpc) is 2.30. The van der Waals surface area contributed by atoms with Gasteiger partial charge >= 0.3 is 5.97 Å². The van der Waals surface area contributed by atoms with E-state index in [1.54, 1.807) is 0 Å². The Morgan fingerprint density at radius 1 is 1.62 bits per heavy atom. The zero-order valence-electron chi connectivity index (χ0n) is 9.23. The van der Waals surface area contributed by atoms with Crippen molar-refractivity contribution in [2.75, 3.05) is 13.7 Å². The smallest absolute Gasteiger partial charge is 0.309 e. The Bertz CT molecular complexity index is 403. The van der Waals surface area contributed by atoms with E-state index in [2.05, 4.69) is 4.74 Å². The summed E-state index contributed by atoms with van der Waals surface area (Å²) in [7, 11) is 1.38. The summed E-state index contributed by atoms with van der Waals surface area (Å²) < 4.78 is 10.1. The molecule has 0 bridgehead atoms. The third kappa shape index (κ3) is 2.17. The number of hydrogen-bond donors (Lipinski definition) is 1. The molecule has 1 aromatic rings. The molecule has 2 rings (SSSR count). The fraction of sp³-hybridized carbons (Fsp3) is 0.417. The molecule has 0 unspecified atom stereocenters. The summed E-state index contributed by atoms with van der Waals surface area (Å²) in [4.78, 5) is 11.1. The van der Waals surface area contributed by atoms with Gasteiger partial charge in [-0.15, -0.1) is 0 Å². The second kappa shape index (κ2) is 4.53. The van der Waals surface area contributed by atoms with E-state index in [0.29, 0.717) is 6.61 Å². The number of methoxy groups -OCH3 is 1. The number of benzene rings is 1. The van der Waals surface area contributed by atoms with Crippen LogP contribution in [0.15, 0.2) is 18.2 Å². The van der Waals surface area contributed by atoms with Crippen LogP contribution in [0.5, 0.6) is 5.75 Å². The number of esters is 1. The van der Waals surface area contributed by atoms with Crippen molar-refractivity contribution in [3.8, 4) is 5.75 Å². The normalized spacial score (nSPS) is 18.5. The van der Waals surface area contributed by atoms with Gasteiger partial charge in [0, 0.05) is 18.0 Å². The number of hydrogen-bond acceptors (Lipinski definition) is 4. The third-order valence-electron chi connectivity index (χ3n) is 2.74. The summed E-state index contributed by atoms with van der Waals surface area (Å²) in [5.74, 6) is 0.581. The van der Waals surface area contributed by atoms with Gasteiger partial charge in [0.25, 0.3) is 0 Å². The summed E-state index contributed by atoms with van der Waals surface area (Å²) in [5, 5.41) is 0. The minimum atomic E-state index is -0.245. The van der Waals surface area contributed by atoms with Crippen molar-refractivity contribution in [3.63, 3.8) is 0 Å². The van der Waals surface area contributed by atoms with Crippen LogP contribution < -0.4 is 10.5 Å². The molecule has 0 spiro atoms. The van der Waals surface area contributed by atoms with Crippen LogP contribution in [0.3, 0.4) is 0 Å². The van der Waals surface area contributed by atoms with E-state index < -0.39 is 0 Å². The first-order valence-electron chi connectivity index (χ1n) is 5.28. The van der Waals surface area contributed by atoms with Crippen LogP contribution in [0.4, 0.5) is 0 Å². The Kier molecular flexibility index (Phi) is 3.10. The number of nitrogens with two attached hydrogens (primary N) is 1. The van der Waals surface area contributed by atoms with Crippen LogP contribution in [0, 0.1) is 0 Å². The monoisotopic (exact) mass is 221 g/mol. The van der Waals surface area contributed by atoms with Crippen molar-refractivity contribution in [2.45, 2.75) is 18.9 Å². The Labute approximate surface area is 94.3 Å². The number of carbonyl (C=O) groups is 1. The van der Waals surface area contributed by atoms with Crippen LogP contribution >= 0.6 is 0 Å². The number of rotatable bonds is 2. The second-order valence-corrected chi connectivity index (χ2v) is 3.87. The molecular weight excluding hydrogens is 206 g/mol. The first-order chi connectivity index (χ1) is 7.70. The Hall–Kier alpha value is -1.55. The molecule has 1 atom stereocenters. The Morgan fingerprint density at radius 2 is 2.44 bits per heavy atom. The SMILES string of the molecule is COC(=O)Cc1ccc2c(c1)[C@H](N)CCO2. The van der Waals surface area contributed by atoms with Crippen LogP contribution in [0.2, 0.25) is 0 Å². The van der Waals surface area contributed by atoms with E-state index in [-0.39, 0.29) is 18.4 Å². The first kappa shape index (κ1) is 11.0. The average molecular weight is 221 g/mol. The van der Waals surface area contributed by atoms with Gasteiger partial charge in [0.1, 0.15) is 5.75 Å². The molecule has 0 fully saturated rings. The highest BCUT2D eigenvalue weighted by Gasteiger charge is 2.18. The maximum absolute atomic E-state index is 11.1. The topological polar surface area (TPSA) is 61.5 Å². The summed E-state index contributed by atoms with van der Waals surface area (Å²) in [6, 6.07) is 5.66. The van der Waals surface area contributed by atoms with E-state index in [0.717, 1.165) is 23.3 Å². The summed E-state index contributed by atoms with van der Waals surface area (Å²) in [6.45, 7) is 0.657. The molecule has 4 nitrogen and oxygen atoms in total. The van der Waals surface area contributed by atoms with E-state index in [1.807, 2.05) is 18.2 Å². The molecule has 0 saturated heterocycles. The number of fused-ring (bicyclic) bond motifs is 1. The maximum Gasteiger partial charge on any atom is 0.309 e. The van der Waals surface area contributed by atoms with E-state index >= 15 is 0 Å². The number of ether oxygens (including phenoxy) is 2. The zero-order chi connectivity index (χ0) is 11.5. The van der Waals surface area contributed by atoms with Crippen LogP contribution in [0.1, 0.15) is 23.6 Å². The molecule has 16 heavy (non-hydrogen) atoms. The molecular formula is C12H15NO3. The summed E-state index contributed by atoms with van der Waals surface area (Å²) >= 11 is 0. The molecule has 4 heteroatoms. The van der Waals surface area contributed by atoms with Gasteiger partial charge in [-0.05, 0) is 17.7 Å². The highest BCUT2D eigenvalue weighted by Crippen LogP contribution is 2.31. The molecule has 0 aromatic heterocycles. The van der Waals surface area contributed by atoms with Gasteiger partial charge in [-0.2, -0.15) is 0 Å².